The minimum Gasteiger partial charge on any atom is -0.376 e. The number of hydrogen-bond donors (Lipinski definition) is 0. The van der Waals surface area contributed by atoms with Gasteiger partial charge in [-0.2, -0.15) is 5.10 Å². The average Bonchev–Trinajstić information content (AvgIpc) is 2.34. The van der Waals surface area contributed by atoms with Gasteiger partial charge in [0, 0.05) is 31.9 Å². The summed E-state index contributed by atoms with van der Waals surface area (Å²) in [6, 6.07) is 3.06. The van der Waals surface area contributed by atoms with Crippen LogP contribution in [0.4, 0.5) is 5.69 Å². The summed E-state index contributed by atoms with van der Waals surface area (Å²) in [5, 5.41) is 4.88. The largest absolute Gasteiger partial charge is 0.376 e. The second kappa shape index (κ2) is 5.59. The molecule has 100 valence electrons. The van der Waals surface area contributed by atoms with Crippen LogP contribution in [0.2, 0.25) is 10.2 Å². The standard InChI is InChI=1S/C12H12Cl2N4O/c1-17(2)9-3-12(19)18(16-6-9)7-8-5-15-11(14)4-10(8)13/h3-6H,7H2,1-2H3. The fourth-order valence-electron chi connectivity index (χ4n) is 1.50. The Morgan fingerprint density at radius 2 is 2.00 bits per heavy atom. The Balaban J connectivity index is 2.31. The van der Waals surface area contributed by atoms with Gasteiger partial charge in [0.2, 0.25) is 0 Å². The SMILES string of the molecule is CN(C)c1cnn(Cc2cnc(Cl)cc2Cl)c(=O)c1. The van der Waals surface area contributed by atoms with Crippen molar-refractivity contribution in [2.24, 2.45) is 0 Å². The van der Waals surface area contributed by atoms with E-state index in [0.29, 0.717) is 15.7 Å². The second-order valence-corrected chi connectivity index (χ2v) is 5.00. The molecule has 0 bridgehead atoms. The summed E-state index contributed by atoms with van der Waals surface area (Å²) in [6.45, 7) is 0.259. The zero-order valence-corrected chi connectivity index (χ0v) is 12.0. The Morgan fingerprint density at radius 3 is 2.58 bits per heavy atom. The van der Waals surface area contributed by atoms with E-state index in [-0.39, 0.29) is 12.1 Å². The molecule has 0 amide bonds. The molecule has 0 N–H and O–H groups in total. The highest BCUT2D eigenvalue weighted by Crippen LogP contribution is 2.19. The average molecular weight is 299 g/mol. The first kappa shape index (κ1) is 13.8. The van der Waals surface area contributed by atoms with Gasteiger partial charge in [-0.25, -0.2) is 9.67 Å². The molecule has 19 heavy (non-hydrogen) atoms. The number of pyridine rings is 1. The summed E-state index contributed by atoms with van der Waals surface area (Å²) in [7, 11) is 3.70. The highest BCUT2D eigenvalue weighted by atomic mass is 35.5. The van der Waals surface area contributed by atoms with Crippen LogP contribution in [-0.2, 0) is 6.54 Å². The summed E-state index contributed by atoms with van der Waals surface area (Å²) in [6.07, 6.45) is 3.16. The van der Waals surface area contributed by atoms with Gasteiger partial charge in [-0.3, -0.25) is 4.79 Å². The van der Waals surface area contributed by atoms with Crippen LogP contribution in [0, 0.1) is 0 Å². The van der Waals surface area contributed by atoms with Gasteiger partial charge in [0.1, 0.15) is 5.15 Å². The molecule has 0 fully saturated rings. The Bertz CT molecular complexity index is 654. The number of nitrogens with zero attached hydrogens (tertiary/aromatic N) is 4. The zero-order valence-electron chi connectivity index (χ0n) is 10.5. The van der Waals surface area contributed by atoms with Crippen molar-refractivity contribution in [1.29, 1.82) is 0 Å². The first-order chi connectivity index (χ1) is 8.97. The van der Waals surface area contributed by atoms with E-state index in [2.05, 4.69) is 10.1 Å². The molecule has 2 rings (SSSR count). The first-order valence-electron chi connectivity index (χ1n) is 5.52. The van der Waals surface area contributed by atoms with Crippen LogP contribution in [0.3, 0.4) is 0 Å². The molecule has 0 aliphatic rings. The van der Waals surface area contributed by atoms with Gasteiger partial charge >= 0.3 is 0 Å². The van der Waals surface area contributed by atoms with E-state index in [1.807, 2.05) is 19.0 Å². The normalized spacial score (nSPS) is 10.5. The van der Waals surface area contributed by atoms with E-state index >= 15 is 0 Å². The van der Waals surface area contributed by atoms with Crippen LogP contribution < -0.4 is 10.5 Å². The predicted octanol–water partition coefficient (Wildman–Crippen LogP) is 2.06. The maximum Gasteiger partial charge on any atom is 0.269 e. The van der Waals surface area contributed by atoms with Gasteiger partial charge in [-0.15, -0.1) is 0 Å². The number of rotatable bonds is 3. The summed E-state index contributed by atoms with van der Waals surface area (Å²) < 4.78 is 1.32. The van der Waals surface area contributed by atoms with Crippen LogP contribution in [0.1, 0.15) is 5.56 Å². The lowest BCUT2D eigenvalue weighted by molar-refractivity contribution is 0.637. The summed E-state index contributed by atoms with van der Waals surface area (Å²) in [5.41, 5.74) is 1.25. The lowest BCUT2D eigenvalue weighted by atomic mass is 10.3. The van der Waals surface area contributed by atoms with Gasteiger partial charge in [-0.05, 0) is 6.07 Å². The third-order valence-corrected chi connectivity index (χ3v) is 3.15. The molecule has 0 radical (unpaired) electrons. The van der Waals surface area contributed by atoms with Crippen LogP contribution >= 0.6 is 23.2 Å². The molecule has 2 aromatic rings. The van der Waals surface area contributed by atoms with Crippen molar-refractivity contribution in [2.75, 3.05) is 19.0 Å². The lowest BCUT2D eigenvalue weighted by Gasteiger charge is -2.12. The number of aromatic nitrogens is 3. The van der Waals surface area contributed by atoms with Crippen molar-refractivity contribution in [3.05, 3.63) is 50.6 Å². The van der Waals surface area contributed by atoms with Gasteiger partial charge in [-0.1, -0.05) is 23.2 Å². The first-order valence-corrected chi connectivity index (χ1v) is 6.27. The minimum atomic E-state index is -0.197. The summed E-state index contributed by atoms with van der Waals surface area (Å²) in [5.74, 6) is 0. The number of halogens is 2. The molecule has 2 aromatic heterocycles. The van der Waals surface area contributed by atoms with Crippen LogP contribution in [-0.4, -0.2) is 28.9 Å². The van der Waals surface area contributed by atoms with Crippen LogP contribution in [0.15, 0.2) is 29.3 Å². The number of anilines is 1. The molecule has 0 aliphatic heterocycles. The molecular weight excluding hydrogens is 287 g/mol. The summed E-state index contributed by atoms with van der Waals surface area (Å²) >= 11 is 11.8. The van der Waals surface area contributed by atoms with Crippen molar-refractivity contribution in [1.82, 2.24) is 14.8 Å². The third-order valence-electron chi connectivity index (χ3n) is 2.59. The molecule has 0 unspecified atom stereocenters. The van der Waals surface area contributed by atoms with Crippen molar-refractivity contribution >= 4 is 28.9 Å². The second-order valence-electron chi connectivity index (χ2n) is 4.20. The highest BCUT2D eigenvalue weighted by Gasteiger charge is 2.06. The monoisotopic (exact) mass is 298 g/mol. The molecule has 2 heterocycles. The van der Waals surface area contributed by atoms with Crippen molar-refractivity contribution in [3.63, 3.8) is 0 Å². The Labute approximate surface area is 120 Å². The topological polar surface area (TPSA) is 51.0 Å². The molecular formula is C12H12Cl2N4O. The molecule has 7 heteroatoms. The third kappa shape index (κ3) is 3.24. The highest BCUT2D eigenvalue weighted by molar-refractivity contribution is 6.34. The molecule has 0 spiro atoms. The minimum absolute atomic E-state index is 0.197. The smallest absolute Gasteiger partial charge is 0.269 e. The van der Waals surface area contributed by atoms with E-state index in [0.717, 1.165) is 5.69 Å². The van der Waals surface area contributed by atoms with E-state index in [9.17, 15) is 4.79 Å². The Morgan fingerprint density at radius 1 is 1.26 bits per heavy atom. The number of hydrogen-bond acceptors (Lipinski definition) is 4. The molecule has 0 aromatic carbocycles. The summed E-state index contributed by atoms with van der Waals surface area (Å²) in [4.78, 5) is 17.7. The van der Waals surface area contributed by atoms with Gasteiger partial charge in [0.05, 0.1) is 23.5 Å². The van der Waals surface area contributed by atoms with E-state index < -0.39 is 0 Å². The van der Waals surface area contributed by atoms with E-state index in [4.69, 9.17) is 23.2 Å². The molecule has 5 nitrogen and oxygen atoms in total. The fourth-order valence-corrected chi connectivity index (χ4v) is 1.93. The van der Waals surface area contributed by atoms with Gasteiger partial charge < -0.3 is 4.90 Å². The van der Waals surface area contributed by atoms with Crippen LogP contribution in [0.5, 0.6) is 0 Å². The van der Waals surface area contributed by atoms with Crippen molar-refractivity contribution < 1.29 is 0 Å². The maximum atomic E-state index is 11.9. The van der Waals surface area contributed by atoms with E-state index in [1.165, 1.54) is 16.8 Å². The Kier molecular flexibility index (Phi) is 4.07. The molecule has 0 aliphatic carbocycles. The van der Waals surface area contributed by atoms with Gasteiger partial charge in [0.15, 0.2) is 0 Å². The maximum absolute atomic E-state index is 11.9. The Hall–Kier alpha value is -1.59. The van der Waals surface area contributed by atoms with E-state index in [1.54, 1.807) is 12.4 Å². The van der Waals surface area contributed by atoms with Crippen molar-refractivity contribution in [2.45, 2.75) is 6.54 Å². The molecule has 0 saturated heterocycles. The lowest BCUT2D eigenvalue weighted by Crippen LogP contribution is -2.24. The quantitative estimate of drug-likeness (QED) is 0.814. The zero-order chi connectivity index (χ0) is 14.0. The molecule has 0 saturated carbocycles. The van der Waals surface area contributed by atoms with Crippen LogP contribution in [0.25, 0.3) is 0 Å². The van der Waals surface area contributed by atoms with Gasteiger partial charge in [0.25, 0.3) is 5.56 Å². The van der Waals surface area contributed by atoms with Crippen molar-refractivity contribution in [3.8, 4) is 0 Å². The fraction of sp³-hybridized carbons (Fsp3) is 0.250. The predicted molar refractivity (Wildman–Crippen MR) is 76.2 cm³/mol. The molecule has 0 atom stereocenters.